The Hall–Kier alpha value is 35.7. The van der Waals surface area contributed by atoms with Gasteiger partial charge in [0.1, 0.15) is 0 Å². The summed E-state index contributed by atoms with van der Waals surface area (Å²) in [5.41, 5.74) is 0. The van der Waals surface area contributed by atoms with Crippen LogP contribution < -0.4 is 1090 Å². The van der Waals surface area contributed by atoms with Crippen LogP contribution in [0.5, 0.6) is 0 Å². The van der Waals surface area contributed by atoms with Crippen molar-refractivity contribution in [2.45, 2.75) is 0 Å². The van der Waals surface area contributed by atoms with E-state index in [0.29, 0.717) is 0 Å². The maximum Gasteiger partial charge on any atom is 1.00 e. The van der Waals surface area contributed by atoms with Gasteiger partial charge in [-0.15, -0.1) is 0 Å². The average molecular weight is 1820 g/mol. The summed E-state index contributed by atoms with van der Waals surface area (Å²) in [6.07, 6.45) is 0. The molecule has 10 N–H and O–H groups in total. The predicted molar refractivity (Wildman–Crippen MR) is 126 cm³/mol. The van der Waals surface area contributed by atoms with Crippen molar-refractivity contribution in [3.05, 3.63) is 0 Å². The van der Waals surface area contributed by atoms with Crippen LogP contribution in [0.2, 0.25) is 0 Å². The van der Waals surface area contributed by atoms with Gasteiger partial charge >= 0.3 is 1200 Å². The van der Waals surface area contributed by atoms with E-state index >= 15 is 0 Å². The maximum absolute atomic E-state index is 9.51. The van der Waals surface area contributed by atoms with Crippen molar-refractivity contribution in [1.82, 2.24) is 0 Å². The average Bonchev–Trinajstić information content (AvgIpc) is 2.75. The van der Waals surface area contributed by atoms with Gasteiger partial charge in [0.05, 0.1) is 0 Å². The van der Waals surface area contributed by atoms with Crippen molar-refractivity contribution in [1.29, 1.82) is 0 Å². The Bertz CT molecular complexity index is 1670. The molecule has 0 aliphatic carbocycles. The molecule has 40 nitrogen and oxygen atoms in total. The molecule has 0 aliphatic heterocycles. The fourth-order valence-corrected chi connectivity index (χ4v) is 3.16. The van der Waals surface area contributed by atoms with Crippen molar-refractivity contribution in [2.75, 3.05) is 0 Å². The van der Waals surface area contributed by atoms with Crippen LogP contribution in [0, 0.1) is 0 Å². The minimum atomic E-state index is -5.02. The molecule has 0 atom stereocenters. The summed E-state index contributed by atoms with van der Waals surface area (Å²) >= 11 is 0. The Morgan fingerprint density at radius 1 is 0.103 bits per heavy atom. The summed E-state index contributed by atoms with van der Waals surface area (Å²) in [6.45, 7) is 0. The van der Waals surface area contributed by atoms with Crippen molar-refractivity contribution >= 4 is 104 Å². The van der Waals surface area contributed by atoms with Crippen LogP contribution in [-0.4, -0.2) is 130 Å². The fourth-order valence-electron chi connectivity index (χ4n) is 0.351. The van der Waals surface area contributed by atoms with Crippen LogP contribution >= 0.6 is 0 Å². The molecule has 0 aromatic carbocycles. The third kappa shape index (κ3) is 349. The smallest absolute Gasteiger partial charge is 0.262 e. The van der Waals surface area contributed by atoms with Gasteiger partial charge in [-0.25, -0.2) is 0 Å². The second kappa shape index (κ2) is 159. The summed E-state index contributed by atoms with van der Waals surface area (Å²) in [7, 11) is -50.2. The van der Waals surface area contributed by atoms with E-state index < -0.39 is 104 Å². The van der Waals surface area contributed by atoms with E-state index in [1.165, 1.54) is 0 Å². The third-order valence-corrected chi connectivity index (χ3v) is 3.83. The van der Waals surface area contributed by atoms with Gasteiger partial charge in [-0.3, -0.25) is 45.5 Å². The molecule has 0 saturated heterocycles. The first-order chi connectivity index (χ1) is 21.0. The third-order valence-electron chi connectivity index (χ3n) is 0.999. The quantitative estimate of drug-likeness (QED) is 0.0315. The summed E-state index contributed by atoms with van der Waals surface area (Å²) < 4.78 is 294. The van der Waals surface area contributed by atoms with Crippen LogP contribution in [0.1, 0.15) is 0 Å². The zero-order valence-electron chi connectivity index (χ0n) is 57.8. The minimum Gasteiger partial charge on any atom is -0.262 e. The normalized spacial score (nSPS) is 7.70. The maximum atomic E-state index is 9.51. The summed E-state index contributed by atoms with van der Waals surface area (Å²) in [5.74, 6) is 0. The Morgan fingerprint density at radius 3 is 0.138 bits per heavy atom. The molecular weight excluding hydrogens is 1810 g/mol. The second-order valence-corrected chi connectivity index (χ2v) is 14.9. The Balaban J connectivity index is -0.00000000657. The molecule has 0 fully saturated rings. The summed E-state index contributed by atoms with van der Waals surface area (Å²) in [6, 6.07) is 0. The Labute approximate surface area is 1330 Å². The molecule has 310 valence electrons. The molecule has 0 heterocycles. The molecule has 0 radical (unpaired) electrons. The Kier molecular flexibility index (Phi) is 509. The van der Waals surface area contributed by atoms with Crippen molar-refractivity contribution in [3.63, 3.8) is 0 Å². The number of hydrogen-bond donors (Lipinski definition) is 10. The first-order valence-electron chi connectivity index (χ1n) is 7.66. The van der Waals surface area contributed by atoms with Crippen LogP contribution in [0.25, 0.3) is 0 Å². The molecule has 87 heavy (non-hydrogen) atoms. The zero-order chi connectivity index (χ0) is 42.1. The van der Waals surface area contributed by atoms with Gasteiger partial charge in [0.25, 0.3) is 0 Å². The van der Waals surface area contributed by atoms with Gasteiger partial charge in [0.2, 0.25) is 0 Å². The van der Waals surface area contributed by atoms with E-state index in [-0.39, 0.29) is 1090 Å². The van der Waals surface area contributed by atoms with E-state index in [2.05, 4.69) is 43.3 Å². The fraction of sp³-hybridized carbons (Fsp3) is 0. The molecular formula is H10Na37O40S10+37. The standard InChI is InChI=1S/37Na.5H2O8S2/c;;;;;;;;;;;;;;;;;;;;;;;;;;;;;;;;;;;;;5*1-9(2,3)7-8-10(4,5)6/h;;;;;;;;;;;;;;;;;;;;;;;;;;;;;;;;;;;;;5*(H,1,2,3)(H,4,5,6)/q37*+1;;;;;. The molecule has 0 spiro atoms. The molecule has 0 bridgehead atoms. The molecule has 0 aromatic heterocycles. The number of hydrogen-bond acceptors (Lipinski definition) is 30. The molecule has 0 rings (SSSR count). The van der Waals surface area contributed by atoms with Crippen LogP contribution in [-0.2, 0) is 147 Å². The summed E-state index contributed by atoms with van der Waals surface area (Å²) in [4.78, 5) is 0. The van der Waals surface area contributed by atoms with Gasteiger partial charge in [0.15, 0.2) is 0 Å². The van der Waals surface area contributed by atoms with Crippen LogP contribution in [0.4, 0.5) is 0 Å². The van der Waals surface area contributed by atoms with Crippen molar-refractivity contribution < 1.29 is 1270 Å². The van der Waals surface area contributed by atoms with Gasteiger partial charge in [-0.05, 0) is 0 Å². The van der Waals surface area contributed by atoms with Crippen LogP contribution in [0.3, 0.4) is 0 Å². The Morgan fingerprint density at radius 2 is 0.126 bits per heavy atom. The van der Waals surface area contributed by atoms with Gasteiger partial charge in [-0.2, -0.15) is 84.2 Å². The van der Waals surface area contributed by atoms with Crippen LogP contribution in [0.15, 0.2) is 0 Å². The van der Waals surface area contributed by atoms with E-state index in [1.807, 2.05) is 0 Å². The molecule has 87 heteroatoms. The first kappa shape index (κ1) is 279. The molecule has 0 amide bonds. The summed E-state index contributed by atoms with van der Waals surface area (Å²) in [5, 5.41) is 0. The second-order valence-electron chi connectivity index (χ2n) is 4.96. The molecule has 0 aliphatic rings. The van der Waals surface area contributed by atoms with E-state index in [4.69, 9.17) is 45.5 Å². The van der Waals surface area contributed by atoms with Crippen molar-refractivity contribution in [2.24, 2.45) is 0 Å². The van der Waals surface area contributed by atoms with E-state index in [1.54, 1.807) is 0 Å². The number of rotatable bonds is 15. The monoisotopic (exact) mass is 1820 g/mol. The van der Waals surface area contributed by atoms with Gasteiger partial charge in [-0.1, -0.05) is 43.3 Å². The molecule has 0 aromatic rings. The first-order valence-corrected chi connectivity index (χ1v) is 21.3. The molecule has 0 saturated carbocycles. The van der Waals surface area contributed by atoms with Crippen molar-refractivity contribution in [3.8, 4) is 0 Å². The predicted octanol–water partition coefficient (Wildman–Crippen LogP) is -118. The topological polar surface area (TPSA) is 636 Å². The largest absolute Gasteiger partial charge is 1.00 e. The SMILES string of the molecule is O=S(=O)(O)OOS(=O)(=O)O.O=S(=O)(O)OOS(=O)(=O)O.O=S(=O)(O)OOS(=O)(=O)O.O=S(=O)(O)OOS(=O)(=O)O.O=S(=O)(O)OOS(=O)(=O)O.[Na+].[Na+].[Na+].[Na+].[Na+].[Na+].[Na+].[Na+].[Na+].[Na+].[Na+].[Na+].[Na+].[Na+].[Na+].[Na+].[Na+].[Na+].[Na+].[Na+].[Na+].[Na+].[Na+].[Na+].[Na+].[Na+].[Na+].[Na+].[Na+].[Na+].[Na+].[Na+].[Na+].[Na+].[Na+].[Na+].[Na+]. The molecule has 0 unspecified atom stereocenters. The minimum absolute atomic E-state index is 0. The van der Waals surface area contributed by atoms with E-state index in [9.17, 15) is 84.2 Å². The zero-order valence-corrected chi connectivity index (χ0v) is 140. The van der Waals surface area contributed by atoms with E-state index in [0.717, 1.165) is 0 Å². The van der Waals surface area contributed by atoms with Gasteiger partial charge in [0, 0.05) is 0 Å². The van der Waals surface area contributed by atoms with Gasteiger partial charge < -0.3 is 0 Å².